The van der Waals surface area contributed by atoms with E-state index in [2.05, 4.69) is 0 Å². The van der Waals surface area contributed by atoms with Crippen molar-refractivity contribution >= 4 is 17.4 Å². The van der Waals surface area contributed by atoms with E-state index in [1.807, 2.05) is 0 Å². The third-order valence-corrected chi connectivity index (χ3v) is 2.52. The first-order valence-electron chi connectivity index (χ1n) is 4.62. The smallest absolute Gasteiger partial charge is 0.246 e. The summed E-state index contributed by atoms with van der Waals surface area (Å²) in [6.45, 7) is 5.04. The molecule has 1 aliphatic rings. The first-order chi connectivity index (χ1) is 6.91. The lowest BCUT2D eigenvalue weighted by atomic mass is 10.1. The molecular weight excluding hydrogens is 216 g/mol. The lowest BCUT2D eigenvalue weighted by molar-refractivity contribution is -0.0431. The Bertz CT molecular complexity index is 438. The van der Waals surface area contributed by atoms with Crippen LogP contribution in [0.5, 0.6) is 11.5 Å². The summed E-state index contributed by atoms with van der Waals surface area (Å²) in [5.41, 5.74) is 0.455. The maximum absolute atomic E-state index is 11.2. The van der Waals surface area contributed by atoms with Gasteiger partial charge in [0.2, 0.25) is 5.79 Å². The maximum atomic E-state index is 11.2. The summed E-state index contributed by atoms with van der Waals surface area (Å²) in [6.07, 6.45) is 0. The molecule has 1 aromatic carbocycles. The number of ketones is 1. The number of carbonyl (C=O) groups is 1. The van der Waals surface area contributed by atoms with Gasteiger partial charge in [-0.3, -0.25) is 4.79 Å². The zero-order chi connectivity index (χ0) is 11.2. The van der Waals surface area contributed by atoms with Crippen molar-refractivity contribution in [3.05, 3.63) is 22.7 Å². The van der Waals surface area contributed by atoms with Crippen LogP contribution >= 0.6 is 11.6 Å². The lowest BCUT2D eigenvalue weighted by Crippen LogP contribution is -2.29. The quantitative estimate of drug-likeness (QED) is 0.691. The van der Waals surface area contributed by atoms with Crippen molar-refractivity contribution in [1.82, 2.24) is 0 Å². The Morgan fingerprint density at radius 1 is 1.33 bits per heavy atom. The Balaban J connectivity index is 2.53. The zero-order valence-electron chi connectivity index (χ0n) is 8.76. The van der Waals surface area contributed by atoms with E-state index < -0.39 is 5.79 Å². The van der Waals surface area contributed by atoms with Crippen LogP contribution in [0.1, 0.15) is 31.1 Å². The first kappa shape index (κ1) is 10.3. The molecule has 3 nitrogen and oxygen atoms in total. The number of fused-ring (bicyclic) bond motifs is 1. The van der Waals surface area contributed by atoms with E-state index in [1.54, 1.807) is 26.0 Å². The van der Waals surface area contributed by atoms with Gasteiger partial charge in [-0.25, -0.2) is 0 Å². The van der Waals surface area contributed by atoms with Gasteiger partial charge in [-0.05, 0) is 19.1 Å². The molecule has 1 heterocycles. The van der Waals surface area contributed by atoms with Crippen LogP contribution in [0.3, 0.4) is 0 Å². The fraction of sp³-hybridized carbons (Fsp3) is 0.364. The molecule has 4 heteroatoms. The van der Waals surface area contributed by atoms with Crippen molar-refractivity contribution in [2.45, 2.75) is 26.6 Å². The average molecular weight is 227 g/mol. The van der Waals surface area contributed by atoms with Crippen molar-refractivity contribution in [1.29, 1.82) is 0 Å². The maximum Gasteiger partial charge on any atom is 0.246 e. The molecule has 1 aromatic rings. The number of hydrogen-bond acceptors (Lipinski definition) is 3. The summed E-state index contributed by atoms with van der Waals surface area (Å²) in [6, 6.07) is 3.35. The number of rotatable bonds is 1. The van der Waals surface area contributed by atoms with Crippen molar-refractivity contribution < 1.29 is 14.3 Å². The molecule has 15 heavy (non-hydrogen) atoms. The van der Waals surface area contributed by atoms with Crippen molar-refractivity contribution in [2.75, 3.05) is 0 Å². The largest absolute Gasteiger partial charge is 0.449 e. The summed E-state index contributed by atoms with van der Waals surface area (Å²) >= 11 is 6.05. The monoisotopic (exact) mass is 226 g/mol. The van der Waals surface area contributed by atoms with Crippen LogP contribution in [0.25, 0.3) is 0 Å². The number of ether oxygens (including phenoxy) is 2. The average Bonchev–Trinajstić information content (AvgIpc) is 2.40. The molecule has 0 aliphatic carbocycles. The molecule has 0 aromatic heterocycles. The molecular formula is C11H11ClO3. The summed E-state index contributed by atoms with van der Waals surface area (Å²) in [5.74, 6) is 0.224. The highest BCUT2D eigenvalue weighted by molar-refractivity contribution is 6.35. The highest BCUT2D eigenvalue weighted by Crippen LogP contribution is 2.45. The highest BCUT2D eigenvalue weighted by Gasteiger charge is 2.34. The van der Waals surface area contributed by atoms with Crippen LogP contribution in [0.15, 0.2) is 12.1 Å². The van der Waals surface area contributed by atoms with E-state index in [0.29, 0.717) is 22.1 Å². The number of benzene rings is 1. The van der Waals surface area contributed by atoms with Gasteiger partial charge >= 0.3 is 0 Å². The zero-order valence-corrected chi connectivity index (χ0v) is 9.51. The van der Waals surface area contributed by atoms with Crippen LogP contribution in [-0.4, -0.2) is 11.6 Å². The van der Waals surface area contributed by atoms with Crippen LogP contribution in [0, 0.1) is 0 Å². The first-order valence-corrected chi connectivity index (χ1v) is 5.00. The van der Waals surface area contributed by atoms with Crippen LogP contribution in [0.2, 0.25) is 5.02 Å². The van der Waals surface area contributed by atoms with Crippen LogP contribution < -0.4 is 9.47 Å². The third-order valence-electron chi connectivity index (χ3n) is 2.14. The van der Waals surface area contributed by atoms with E-state index in [4.69, 9.17) is 21.1 Å². The van der Waals surface area contributed by atoms with Crippen molar-refractivity contribution in [2.24, 2.45) is 0 Å². The number of Topliss-reactive ketones (excluding diaryl/α,β-unsaturated/α-hetero) is 1. The van der Waals surface area contributed by atoms with Gasteiger partial charge in [0, 0.05) is 19.4 Å². The van der Waals surface area contributed by atoms with Gasteiger partial charge in [0.25, 0.3) is 0 Å². The van der Waals surface area contributed by atoms with E-state index in [0.717, 1.165) is 0 Å². The van der Waals surface area contributed by atoms with Gasteiger partial charge in [-0.2, -0.15) is 0 Å². The van der Waals surface area contributed by atoms with Gasteiger partial charge < -0.3 is 9.47 Å². The molecule has 0 radical (unpaired) electrons. The second-order valence-corrected chi connectivity index (χ2v) is 4.29. The fourth-order valence-corrected chi connectivity index (χ4v) is 1.84. The van der Waals surface area contributed by atoms with Crippen molar-refractivity contribution in [3.8, 4) is 11.5 Å². The number of halogens is 1. The molecule has 0 bridgehead atoms. The molecule has 0 amide bonds. The third kappa shape index (κ3) is 1.67. The minimum Gasteiger partial charge on any atom is -0.449 e. The van der Waals surface area contributed by atoms with E-state index >= 15 is 0 Å². The SMILES string of the molecule is CC(=O)c1ccc2c(c1Cl)OC(C)(C)O2. The van der Waals surface area contributed by atoms with E-state index in [1.165, 1.54) is 6.92 Å². The standard InChI is InChI=1S/C11H11ClO3/c1-6(13)7-4-5-8-10(9(7)12)15-11(2,3)14-8/h4-5H,1-3H3. The lowest BCUT2D eigenvalue weighted by Gasteiger charge is -2.16. The molecule has 0 atom stereocenters. The molecule has 0 N–H and O–H groups in total. The van der Waals surface area contributed by atoms with Crippen molar-refractivity contribution in [3.63, 3.8) is 0 Å². The predicted octanol–water partition coefficient (Wildman–Crippen LogP) is 3.05. The molecule has 0 fully saturated rings. The second-order valence-electron chi connectivity index (χ2n) is 3.91. The Kier molecular flexibility index (Phi) is 2.15. The predicted molar refractivity (Wildman–Crippen MR) is 56.8 cm³/mol. The van der Waals surface area contributed by atoms with Gasteiger partial charge in [0.1, 0.15) is 0 Å². The van der Waals surface area contributed by atoms with Crippen LogP contribution in [0.4, 0.5) is 0 Å². The minimum absolute atomic E-state index is 0.0869. The molecule has 0 unspecified atom stereocenters. The topological polar surface area (TPSA) is 35.5 Å². The Hall–Kier alpha value is -1.22. The van der Waals surface area contributed by atoms with E-state index in [9.17, 15) is 4.79 Å². The molecule has 2 rings (SSSR count). The summed E-state index contributed by atoms with van der Waals surface area (Å²) in [5, 5.41) is 0.325. The molecule has 1 aliphatic heterocycles. The molecule has 0 saturated heterocycles. The summed E-state index contributed by atoms with van der Waals surface area (Å²) < 4.78 is 11.0. The van der Waals surface area contributed by atoms with Gasteiger partial charge in [0.05, 0.1) is 5.02 Å². The summed E-state index contributed by atoms with van der Waals surface area (Å²) in [4.78, 5) is 11.2. The van der Waals surface area contributed by atoms with E-state index in [-0.39, 0.29) is 5.78 Å². The minimum atomic E-state index is -0.721. The normalized spacial score (nSPS) is 16.5. The Morgan fingerprint density at radius 2 is 2.00 bits per heavy atom. The van der Waals surface area contributed by atoms with Gasteiger partial charge in [-0.15, -0.1) is 0 Å². The van der Waals surface area contributed by atoms with Crippen LogP contribution in [-0.2, 0) is 0 Å². The molecule has 0 spiro atoms. The molecule has 80 valence electrons. The highest BCUT2D eigenvalue weighted by atomic mass is 35.5. The summed E-state index contributed by atoms with van der Waals surface area (Å²) in [7, 11) is 0. The van der Waals surface area contributed by atoms with Gasteiger partial charge in [0.15, 0.2) is 17.3 Å². The Morgan fingerprint density at radius 3 is 2.60 bits per heavy atom. The number of hydrogen-bond donors (Lipinski definition) is 0. The second kappa shape index (κ2) is 3.14. The number of carbonyl (C=O) groups excluding carboxylic acids is 1. The fourth-order valence-electron chi connectivity index (χ4n) is 1.52. The van der Waals surface area contributed by atoms with Gasteiger partial charge in [-0.1, -0.05) is 11.6 Å². The Labute approximate surface area is 92.9 Å². The molecule has 0 saturated carbocycles.